The molecule has 1 heterocycles. The van der Waals surface area contributed by atoms with Gasteiger partial charge >= 0.3 is 0 Å². The van der Waals surface area contributed by atoms with Gasteiger partial charge in [0.05, 0.1) is 6.17 Å². The molecule has 2 aromatic carbocycles. The zero-order chi connectivity index (χ0) is 16.1. The molecule has 3 nitrogen and oxygen atoms in total. The summed E-state index contributed by atoms with van der Waals surface area (Å²) in [7, 11) is 0. The summed E-state index contributed by atoms with van der Waals surface area (Å²) in [5, 5.41) is 3.72. The Balaban J connectivity index is 1.92. The number of aldehydes is 1. The number of anilines is 2. The van der Waals surface area contributed by atoms with E-state index in [-0.39, 0.29) is 0 Å². The predicted molar refractivity (Wildman–Crippen MR) is 95.0 cm³/mol. The van der Waals surface area contributed by atoms with E-state index < -0.39 is 0 Å². The summed E-state index contributed by atoms with van der Waals surface area (Å²) in [4.78, 5) is 13.1. The molecule has 1 aliphatic rings. The lowest BCUT2D eigenvalue weighted by molar-refractivity contribution is -0.107. The van der Waals surface area contributed by atoms with Crippen molar-refractivity contribution in [1.82, 2.24) is 5.32 Å². The van der Waals surface area contributed by atoms with Gasteiger partial charge in [-0.3, -0.25) is 5.32 Å². The quantitative estimate of drug-likeness (QED) is 0.846. The molecule has 1 N–H and O–H groups in total. The average molecular weight is 308 g/mol. The van der Waals surface area contributed by atoms with Crippen molar-refractivity contribution in [2.24, 2.45) is 0 Å². The number of piperidine rings is 1. The van der Waals surface area contributed by atoms with Crippen molar-refractivity contribution in [3.63, 3.8) is 0 Å². The van der Waals surface area contributed by atoms with E-state index in [0.29, 0.717) is 18.6 Å². The van der Waals surface area contributed by atoms with E-state index in [9.17, 15) is 4.79 Å². The third-order valence-corrected chi connectivity index (χ3v) is 4.47. The van der Waals surface area contributed by atoms with Crippen LogP contribution in [-0.2, 0) is 11.2 Å². The lowest BCUT2D eigenvalue weighted by Crippen LogP contribution is -2.49. The number of rotatable bonds is 5. The Hall–Kier alpha value is -2.13. The number of hydrogen-bond donors (Lipinski definition) is 1. The molecule has 1 saturated heterocycles. The molecule has 0 aliphatic carbocycles. The van der Waals surface area contributed by atoms with Crippen LogP contribution >= 0.6 is 0 Å². The largest absolute Gasteiger partial charge is 0.325 e. The van der Waals surface area contributed by atoms with Gasteiger partial charge in [0.25, 0.3) is 0 Å². The van der Waals surface area contributed by atoms with Gasteiger partial charge in [0.15, 0.2) is 0 Å². The molecule has 0 spiro atoms. The van der Waals surface area contributed by atoms with Gasteiger partial charge in [-0.05, 0) is 56.0 Å². The van der Waals surface area contributed by atoms with Gasteiger partial charge in [-0.25, -0.2) is 0 Å². The number of para-hydroxylation sites is 1. The molecule has 2 unspecified atom stereocenters. The zero-order valence-corrected chi connectivity index (χ0v) is 13.6. The van der Waals surface area contributed by atoms with E-state index in [4.69, 9.17) is 0 Å². The van der Waals surface area contributed by atoms with Gasteiger partial charge in [-0.2, -0.15) is 0 Å². The van der Waals surface area contributed by atoms with E-state index in [1.165, 1.54) is 18.5 Å². The van der Waals surface area contributed by atoms with Crippen LogP contribution in [0.25, 0.3) is 0 Å². The summed E-state index contributed by atoms with van der Waals surface area (Å²) in [5.41, 5.74) is 3.42. The molecule has 0 bridgehead atoms. The summed E-state index contributed by atoms with van der Waals surface area (Å²) >= 11 is 0. The van der Waals surface area contributed by atoms with E-state index >= 15 is 0 Å². The fourth-order valence-electron chi connectivity index (χ4n) is 3.30. The molecular weight excluding hydrogens is 284 g/mol. The van der Waals surface area contributed by atoms with Gasteiger partial charge < -0.3 is 9.69 Å². The molecule has 3 heteroatoms. The zero-order valence-electron chi connectivity index (χ0n) is 13.6. The normalized spacial score (nSPS) is 20.9. The highest BCUT2D eigenvalue weighted by atomic mass is 16.1. The third-order valence-electron chi connectivity index (χ3n) is 4.47. The number of hydrogen-bond acceptors (Lipinski definition) is 3. The maximum atomic E-state index is 10.7. The molecule has 0 saturated carbocycles. The smallest absolute Gasteiger partial charge is 0.124 e. The van der Waals surface area contributed by atoms with Gasteiger partial charge in [0, 0.05) is 23.8 Å². The van der Waals surface area contributed by atoms with E-state index in [1.54, 1.807) is 0 Å². The second kappa shape index (κ2) is 7.42. The minimum atomic E-state index is 0.304. The van der Waals surface area contributed by atoms with E-state index in [2.05, 4.69) is 53.5 Å². The number of benzene rings is 2. The van der Waals surface area contributed by atoms with Gasteiger partial charge in [0.2, 0.25) is 0 Å². The van der Waals surface area contributed by atoms with Crippen LogP contribution < -0.4 is 10.2 Å². The van der Waals surface area contributed by atoms with Crippen molar-refractivity contribution < 1.29 is 4.79 Å². The van der Waals surface area contributed by atoms with Crippen LogP contribution in [0.3, 0.4) is 0 Å². The Kier molecular flexibility index (Phi) is 5.09. The summed E-state index contributed by atoms with van der Waals surface area (Å²) in [6.45, 7) is 2.25. The summed E-state index contributed by atoms with van der Waals surface area (Å²) in [6.07, 6.45) is 5.34. The maximum Gasteiger partial charge on any atom is 0.124 e. The molecule has 0 aromatic heterocycles. The molecule has 2 aromatic rings. The molecular formula is C20H24N2O. The van der Waals surface area contributed by atoms with Gasteiger partial charge in [-0.15, -0.1) is 0 Å². The summed E-state index contributed by atoms with van der Waals surface area (Å²) in [6, 6.07) is 19.4. The molecule has 3 rings (SSSR count). The van der Waals surface area contributed by atoms with E-state index in [1.807, 2.05) is 18.2 Å². The van der Waals surface area contributed by atoms with Gasteiger partial charge in [0.1, 0.15) is 6.29 Å². The Morgan fingerprint density at radius 2 is 1.74 bits per heavy atom. The van der Waals surface area contributed by atoms with Crippen molar-refractivity contribution in [3.8, 4) is 0 Å². The number of carbonyl (C=O) groups excluding carboxylic acids is 1. The van der Waals surface area contributed by atoms with Gasteiger partial charge in [-0.1, -0.05) is 30.3 Å². The molecule has 0 radical (unpaired) electrons. The first-order valence-electron chi connectivity index (χ1n) is 8.41. The topological polar surface area (TPSA) is 32.3 Å². The fourth-order valence-corrected chi connectivity index (χ4v) is 3.30. The second-order valence-electron chi connectivity index (χ2n) is 6.26. The first-order chi connectivity index (χ1) is 11.3. The van der Waals surface area contributed by atoms with Crippen LogP contribution in [0.4, 0.5) is 11.4 Å². The Labute approximate surface area is 138 Å². The van der Waals surface area contributed by atoms with Crippen molar-refractivity contribution in [3.05, 3.63) is 60.2 Å². The Bertz CT molecular complexity index is 624. The van der Waals surface area contributed by atoms with Crippen molar-refractivity contribution in [2.45, 2.75) is 44.8 Å². The Morgan fingerprint density at radius 3 is 2.39 bits per heavy atom. The van der Waals surface area contributed by atoms with Crippen LogP contribution in [0.5, 0.6) is 0 Å². The first kappa shape index (κ1) is 15.8. The molecule has 23 heavy (non-hydrogen) atoms. The SMILES string of the molecule is CC1CCCC(N(c2ccccc2)c2ccc(CC=O)cc2)N1. The van der Waals surface area contributed by atoms with Crippen molar-refractivity contribution in [1.29, 1.82) is 0 Å². The highest BCUT2D eigenvalue weighted by molar-refractivity contribution is 5.65. The number of nitrogens with one attached hydrogen (secondary N) is 1. The van der Waals surface area contributed by atoms with E-state index in [0.717, 1.165) is 24.0 Å². The summed E-state index contributed by atoms with van der Waals surface area (Å²) in [5.74, 6) is 0. The first-order valence-corrected chi connectivity index (χ1v) is 8.41. The number of carbonyl (C=O) groups is 1. The standard InChI is InChI=1S/C20H24N2O/c1-16-6-5-9-20(21-16)22(18-7-3-2-4-8-18)19-12-10-17(11-13-19)14-15-23/h2-4,7-8,10-13,15-16,20-21H,5-6,9,14H2,1H3. The highest BCUT2D eigenvalue weighted by Gasteiger charge is 2.25. The summed E-state index contributed by atoms with van der Waals surface area (Å²) < 4.78 is 0. The maximum absolute atomic E-state index is 10.7. The monoisotopic (exact) mass is 308 g/mol. The highest BCUT2D eigenvalue weighted by Crippen LogP contribution is 2.30. The fraction of sp³-hybridized carbons (Fsp3) is 0.350. The third kappa shape index (κ3) is 3.80. The van der Waals surface area contributed by atoms with Crippen molar-refractivity contribution in [2.75, 3.05) is 4.90 Å². The minimum absolute atomic E-state index is 0.304. The van der Waals surface area contributed by atoms with Crippen molar-refractivity contribution >= 4 is 17.7 Å². The average Bonchev–Trinajstić information content (AvgIpc) is 2.58. The molecule has 1 aliphatic heterocycles. The predicted octanol–water partition coefficient (Wildman–Crippen LogP) is 4.05. The molecule has 1 fully saturated rings. The number of nitrogens with zero attached hydrogens (tertiary/aromatic N) is 1. The van der Waals surface area contributed by atoms with Crippen LogP contribution in [-0.4, -0.2) is 18.5 Å². The Morgan fingerprint density at radius 1 is 1.04 bits per heavy atom. The van der Waals surface area contributed by atoms with Crippen LogP contribution in [0.1, 0.15) is 31.7 Å². The second-order valence-corrected chi connectivity index (χ2v) is 6.26. The lowest BCUT2D eigenvalue weighted by atomic mass is 10.0. The molecule has 120 valence electrons. The molecule has 0 amide bonds. The van der Waals surface area contributed by atoms with Crippen LogP contribution in [0.15, 0.2) is 54.6 Å². The van der Waals surface area contributed by atoms with Crippen LogP contribution in [0, 0.1) is 0 Å². The molecule has 2 atom stereocenters. The van der Waals surface area contributed by atoms with Crippen LogP contribution in [0.2, 0.25) is 0 Å². The minimum Gasteiger partial charge on any atom is -0.325 e. The lowest BCUT2D eigenvalue weighted by Gasteiger charge is -2.39.